The summed E-state index contributed by atoms with van der Waals surface area (Å²) in [6.45, 7) is 0. The zero-order chi connectivity index (χ0) is 21.0. The summed E-state index contributed by atoms with van der Waals surface area (Å²) in [7, 11) is 42.2. The van der Waals surface area contributed by atoms with Crippen LogP contribution in [0.15, 0.2) is 29.2 Å². The molecule has 0 heterocycles. The number of hydrogen-bond acceptors (Lipinski definition) is 1. The molecule has 0 aliphatic rings. The third-order valence-corrected chi connectivity index (χ3v) is 6.55. The molecule has 14 radical (unpaired) electrons. The number of rotatable bonds is 3. The summed E-state index contributed by atoms with van der Waals surface area (Å²) < 4.78 is 0. The van der Waals surface area contributed by atoms with Crippen LogP contribution in [0.5, 0.6) is 0 Å². The Bertz CT molecular complexity index is 1080. The van der Waals surface area contributed by atoms with Gasteiger partial charge >= 0.3 is 0 Å². The van der Waals surface area contributed by atoms with Gasteiger partial charge in [0.05, 0.1) is 0 Å². The van der Waals surface area contributed by atoms with Crippen LogP contribution in [0.4, 0.5) is 11.4 Å². The molecule has 0 fully saturated rings. The SMILES string of the molecule is [B]c1c([B])c([B])c2c(Nc3ccc(S(C)(C)C)cc3)c([B])c([B])c([B])c2c1[B]. The van der Waals surface area contributed by atoms with E-state index in [1.54, 1.807) is 0 Å². The first-order chi connectivity index (χ1) is 12.9. The van der Waals surface area contributed by atoms with Gasteiger partial charge in [0.2, 0.25) is 0 Å². The van der Waals surface area contributed by atoms with Crippen LogP contribution >= 0.6 is 10.0 Å². The lowest BCUT2D eigenvalue weighted by atomic mass is 9.60. The van der Waals surface area contributed by atoms with E-state index in [0.717, 1.165) is 5.69 Å². The van der Waals surface area contributed by atoms with E-state index in [1.807, 2.05) is 12.1 Å². The zero-order valence-corrected chi connectivity index (χ0v) is 17.1. The van der Waals surface area contributed by atoms with E-state index in [-0.39, 0.29) is 38.2 Å². The molecule has 3 aromatic rings. The first-order valence-corrected chi connectivity index (χ1v) is 11.4. The zero-order valence-electron chi connectivity index (χ0n) is 16.3. The molecule has 0 unspecified atom stereocenters. The van der Waals surface area contributed by atoms with Gasteiger partial charge in [-0.3, -0.25) is 0 Å². The highest BCUT2D eigenvalue weighted by atomic mass is 32.3. The van der Waals surface area contributed by atoms with Crippen molar-refractivity contribution in [1.82, 2.24) is 0 Å². The maximum Gasteiger partial charge on any atom is 0.115 e. The first-order valence-electron chi connectivity index (χ1n) is 8.52. The predicted molar refractivity (Wildman–Crippen MR) is 135 cm³/mol. The highest BCUT2D eigenvalue weighted by Crippen LogP contribution is 2.45. The minimum atomic E-state index is -0.826. The maximum atomic E-state index is 6.27. The van der Waals surface area contributed by atoms with Crippen LogP contribution in [0.2, 0.25) is 0 Å². The van der Waals surface area contributed by atoms with E-state index in [2.05, 4.69) is 36.2 Å². The average Bonchev–Trinajstić information content (AvgIpc) is 2.64. The Labute approximate surface area is 178 Å². The van der Waals surface area contributed by atoms with Crippen molar-refractivity contribution in [2.45, 2.75) is 4.90 Å². The average molecular weight is 364 g/mol. The molecule has 1 N–H and O–H groups in total. The minimum Gasteiger partial charge on any atom is -0.356 e. The summed E-state index contributed by atoms with van der Waals surface area (Å²) in [4.78, 5) is 1.29. The molecular formula is C19H14B7NS. The lowest BCUT2D eigenvalue weighted by Crippen LogP contribution is -2.52. The quantitative estimate of drug-likeness (QED) is 0.495. The third-order valence-electron chi connectivity index (χ3n) is 4.86. The van der Waals surface area contributed by atoms with Gasteiger partial charge in [0.15, 0.2) is 0 Å². The molecule has 0 bridgehead atoms. The van der Waals surface area contributed by atoms with Crippen molar-refractivity contribution in [2.75, 3.05) is 24.1 Å². The van der Waals surface area contributed by atoms with Crippen molar-refractivity contribution < 1.29 is 0 Å². The van der Waals surface area contributed by atoms with Crippen LogP contribution in [-0.2, 0) is 0 Å². The van der Waals surface area contributed by atoms with E-state index < -0.39 is 10.0 Å². The second kappa shape index (κ2) is 7.41. The van der Waals surface area contributed by atoms with Crippen LogP contribution in [-0.4, -0.2) is 73.7 Å². The van der Waals surface area contributed by atoms with Gasteiger partial charge in [0.1, 0.15) is 54.9 Å². The van der Waals surface area contributed by atoms with Crippen LogP contribution in [0, 0.1) is 0 Å². The second-order valence-electron chi connectivity index (χ2n) is 7.51. The summed E-state index contributed by atoms with van der Waals surface area (Å²) in [6, 6.07) is 8.12. The van der Waals surface area contributed by atoms with Gasteiger partial charge in [-0.15, -0.1) is 16.4 Å². The van der Waals surface area contributed by atoms with Gasteiger partial charge in [-0.2, -0.15) is 0 Å². The molecule has 0 amide bonds. The molecule has 0 spiro atoms. The smallest absolute Gasteiger partial charge is 0.115 e. The van der Waals surface area contributed by atoms with E-state index in [4.69, 9.17) is 54.9 Å². The fourth-order valence-corrected chi connectivity index (χ4v) is 4.09. The molecule has 0 saturated carbocycles. The van der Waals surface area contributed by atoms with Crippen LogP contribution in [0.3, 0.4) is 0 Å². The molecule has 122 valence electrons. The van der Waals surface area contributed by atoms with Crippen LogP contribution in [0.25, 0.3) is 10.8 Å². The summed E-state index contributed by atoms with van der Waals surface area (Å²) >= 11 is 0. The Balaban J connectivity index is 2.26. The van der Waals surface area contributed by atoms with Crippen molar-refractivity contribution in [3.8, 4) is 0 Å². The first kappa shape index (κ1) is 21.2. The van der Waals surface area contributed by atoms with Crippen molar-refractivity contribution in [3.63, 3.8) is 0 Å². The Hall–Kier alpha value is -1.48. The van der Waals surface area contributed by atoms with E-state index in [0.29, 0.717) is 16.5 Å². The van der Waals surface area contributed by atoms with Gasteiger partial charge in [-0.05, 0) is 58.7 Å². The van der Waals surface area contributed by atoms with E-state index in [1.165, 1.54) is 4.90 Å². The second-order valence-corrected chi connectivity index (χ2v) is 11.7. The molecule has 0 aliphatic heterocycles. The van der Waals surface area contributed by atoms with Gasteiger partial charge in [-0.1, -0.05) is 21.9 Å². The van der Waals surface area contributed by atoms with Crippen molar-refractivity contribution in [2.24, 2.45) is 0 Å². The van der Waals surface area contributed by atoms with Crippen LogP contribution in [0.1, 0.15) is 0 Å². The lowest BCUT2D eigenvalue weighted by Gasteiger charge is -2.27. The largest absolute Gasteiger partial charge is 0.356 e. The summed E-state index contributed by atoms with van der Waals surface area (Å²) in [5.74, 6) is 0. The summed E-state index contributed by atoms with van der Waals surface area (Å²) in [5.41, 5.74) is 2.84. The topological polar surface area (TPSA) is 12.0 Å². The molecule has 28 heavy (non-hydrogen) atoms. The molecule has 0 atom stereocenters. The van der Waals surface area contributed by atoms with Crippen LogP contribution < -0.4 is 43.6 Å². The molecule has 0 aromatic heterocycles. The monoisotopic (exact) mass is 365 g/mol. The summed E-state index contributed by atoms with van der Waals surface area (Å²) in [5, 5.41) is 4.23. The fourth-order valence-electron chi connectivity index (χ4n) is 3.14. The molecule has 0 saturated heterocycles. The number of hydrogen-bond donors (Lipinski definition) is 1. The molecule has 1 nitrogen and oxygen atoms in total. The van der Waals surface area contributed by atoms with Gasteiger partial charge in [0.25, 0.3) is 0 Å². The van der Waals surface area contributed by atoms with Gasteiger partial charge in [0, 0.05) is 11.4 Å². The fraction of sp³-hybridized carbons (Fsp3) is 0.158. The highest BCUT2D eigenvalue weighted by Gasteiger charge is 2.17. The molecule has 3 rings (SSSR count). The predicted octanol–water partition coefficient (Wildman–Crippen LogP) is -2.81. The van der Waals surface area contributed by atoms with Crippen molar-refractivity contribution >= 4 is 125 Å². The van der Waals surface area contributed by atoms with Gasteiger partial charge < -0.3 is 5.32 Å². The Morgan fingerprint density at radius 1 is 0.571 bits per heavy atom. The summed E-state index contributed by atoms with van der Waals surface area (Å²) in [6.07, 6.45) is 6.70. The standard InChI is InChI=1S/C19H14B7NS/c1-28(2,3)9-6-4-8(5-7-9)27-19-11-10(13(21)17(25)18(19)26)12(20)15(23)16(24)14(11)22/h4-7,27H,1-3H3. The number of anilines is 2. The lowest BCUT2D eigenvalue weighted by molar-refractivity contribution is 1.43. The molecule has 9 heteroatoms. The molecule has 3 aromatic carbocycles. The molecular weight excluding hydrogens is 350 g/mol. The Morgan fingerprint density at radius 3 is 1.46 bits per heavy atom. The number of fused-ring (bicyclic) bond motifs is 1. The Kier molecular flexibility index (Phi) is 5.62. The maximum absolute atomic E-state index is 6.27. The minimum absolute atomic E-state index is 0.171. The Morgan fingerprint density at radius 2 is 1.00 bits per heavy atom. The number of benzene rings is 3. The van der Waals surface area contributed by atoms with Crippen molar-refractivity contribution in [3.05, 3.63) is 24.3 Å². The van der Waals surface area contributed by atoms with Crippen molar-refractivity contribution in [1.29, 1.82) is 0 Å². The third kappa shape index (κ3) is 3.47. The normalized spacial score (nSPS) is 12.2. The van der Waals surface area contributed by atoms with E-state index >= 15 is 0 Å². The number of nitrogens with one attached hydrogen (secondary N) is 1. The highest BCUT2D eigenvalue weighted by molar-refractivity contribution is 8.32. The molecule has 0 aliphatic carbocycles. The van der Waals surface area contributed by atoms with E-state index in [9.17, 15) is 0 Å². The van der Waals surface area contributed by atoms with Gasteiger partial charge in [-0.25, -0.2) is 10.0 Å².